The summed E-state index contributed by atoms with van der Waals surface area (Å²) in [4.78, 5) is 24.9. The number of H-pyrrole nitrogens is 1. The first-order chi connectivity index (χ1) is 10.5. The summed E-state index contributed by atoms with van der Waals surface area (Å²) in [7, 11) is 0. The Morgan fingerprint density at radius 1 is 1.18 bits per heavy atom. The van der Waals surface area contributed by atoms with Crippen molar-refractivity contribution in [3.05, 3.63) is 41.1 Å². The number of anilines is 2. The summed E-state index contributed by atoms with van der Waals surface area (Å²) in [5.41, 5.74) is 2.53. The standard InChI is InChI=1S/C16H16N4O2/c1-8(2)9-3-4-12-10(5-9)16(15(22)18-12)6-13(21)19-14-11(16)7-17-20-14/h3-5,7-8H,6H2,1-2H3,(H,18,22)(H2,17,19,20,21)/t16-/m1/s1. The molecule has 6 nitrogen and oxygen atoms in total. The van der Waals surface area contributed by atoms with Gasteiger partial charge < -0.3 is 10.6 Å². The predicted molar refractivity (Wildman–Crippen MR) is 81.8 cm³/mol. The van der Waals surface area contributed by atoms with E-state index in [4.69, 9.17) is 0 Å². The van der Waals surface area contributed by atoms with Gasteiger partial charge in [-0.3, -0.25) is 14.7 Å². The molecule has 6 heteroatoms. The fraction of sp³-hybridized carbons (Fsp3) is 0.312. The van der Waals surface area contributed by atoms with Crippen molar-refractivity contribution < 1.29 is 9.59 Å². The first-order valence-corrected chi connectivity index (χ1v) is 7.32. The van der Waals surface area contributed by atoms with Gasteiger partial charge in [0.05, 0.1) is 6.20 Å². The number of amides is 2. The van der Waals surface area contributed by atoms with E-state index in [-0.39, 0.29) is 18.2 Å². The zero-order valence-corrected chi connectivity index (χ0v) is 12.4. The van der Waals surface area contributed by atoms with Crippen LogP contribution in [0.5, 0.6) is 0 Å². The zero-order chi connectivity index (χ0) is 15.5. The van der Waals surface area contributed by atoms with Crippen LogP contribution in [-0.2, 0) is 15.0 Å². The van der Waals surface area contributed by atoms with Crippen molar-refractivity contribution in [2.45, 2.75) is 31.6 Å². The van der Waals surface area contributed by atoms with Crippen LogP contribution >= 0.6 is 0 Å². The lowest BCUT2D eigenvalue weighted by Gasteiger charge is -2.31. The zero-order valence-electron chi connectivity index (χ0n) is 12.4. The molecule has 2 aliphatic rings. The summed E-state index contributed by atoms with van der Waals surface area (Å²) in [5.74, 6) is 0.504. The second-order valence-electron chi connectivity index (χ2n) is 6.20. The Kier molecular flexibility index (Phi) is 2.49. The number of carbonyl (C=O) groups excluding carboxylic acids is 2. The third-order valence-corrected chi connectivity index (χ3v) is 4.60. The first-order valence-electron chi connectivity index (χ1n) is 7.32. The van der Waals surface area contributed by atoms with Crippen LogP contribution in [0.25, 0.3) is 0 Å². The van der Waals surface area contributed by atoms with Crippen molar-refractivity contribution >= 4 is 23.3 Å². The molecule has 0 saturated carbocycles. The van der Waals surface area contributed by atoms with Crippen LogP contribution in [0.15, 0.2) is 24.4 Å². The van der Waals surface area contributed by atoms with Crippen molar-refractivity contribution in [1.82, 2.24) is 10.2 Å². The average molecular weight is 296 g/mol. The molecule has 112 valence electrons. The lowest BCUT2D eigenvalue weighted by Crippen LogP contribution is -2.43. The Morgan fingerprint density at radius 3 is 2.77 bits per heavy atom. The van der Waals surface area contributed by atoms with E-state index < -0.39 is 5.41 Å². The van der Waals surface area contributed by atoms with Crippen LogP contribution in [0, 0.1) is 0 Å². The number of aromatic amines is 1. The molecule has 1 aromatic carbocycles. The van der Waals surface area contributed by atoms with Crippen molar-refractivity contribution in [1.29, 1.82) is 0 Å². The summed E-state index contributed by atoms with van der Waals surface area (Å²) in [5, 5.41) is 12.4. The van der Waals surface area contributed by atoms with Gasteiger partial charge in [-0.15, -0.1) is 0 Å². The van der Waals surface area contributed by atoms with Gasteiger partial charge in [0.1, 0.15) is 11.2 Å². The molecular formula is C16H16N4O2. The number of rotatable bonds is 1. The smallest absolute Gasteiger partial charge is 0.240 e. The maximum Gasteiger partial charge on any atom is 0.240 e. The van der Waals surface area contributed by atoms with Crippen LogP contribution in [0.1, 0.15) is 42.9 Å². The average Bonchev–Trinajstić information content (AvgIpc) is 3.03. The Labute approximate surface area is 127 Å². The Bertz CT molecular complexity index is 808. The van der Waals surface area contributed by atoms with Crippen LogP contribution in [-0.4, -0.2) is 22.0 Å². The Balaban J connectivity index is 2.00. The molecule has 4 rings (SSSR count). The van der Waals surface area contributed by atoms with Crippen molar-refractivity contribution in [2.75, 3.05) is 10.6 Å². The van der Waals surface area contributed by atoms with Gasteiger partial charge in [0.15, 0.2) is 0 Å². The minimum atomic E-state index is -0.981. The van der Waals surface area contributed by atoms with E-state index in [1.165, 1.54) is 0 Å². The first kappa shape index (κ1) is 13.1. The van der Waals surface area contributed by atoms with Crippen molar-refractivity contribution in [2.24, 2.45) is 0 Å². The molecule has 2 aromatic rings. The summed E-state index contributed by atoms with van der Waals surface area (Å²) >= 11 is 0. The summed E-state index contributed by atoms with van der Waals surface area (Å²) in [6.07, 6.45) is 1.73. The van der Waals surface area contributed by atoms with E-state index >= 15 is 0 Å². The van der Waals surface area contributed by atoms with Gasteiger partial charge >= 0.3 is 0 Å². The number of hydrogen-bond donors (Lipinski definition) is 3. The molecule has 0 saturated heterocycles. The van der Waals surface area contributed by atoms with Gasteiger partial charge in [-0.1, -0.05) is 26.0 Å². The summed E-state index contributed by atoms with van der Waals surface area (Å²) < 4.78 is 0. The van der Waals surface area contributed by atoms with Crippen LogP contribution < -0.4 is 10.6 Å². The molecule has 1 aromatic heterocycles. The highest BCUT2D eigenvalue weighted by molar-refractivity contribution is 6.14. The van der Waals surface area contributed by atoms with Gasteiger partial charge in [0, 0.05) is 17.7 Å². The topological polar surface area (TPSA) is 86.9 Å². The molecule has 1 atom stereocenters. The number of aromatic nitrogens is 2. The minimum Gasteiger partial charge on any atom is -0.325 e. The van der Waals surface area contributed by atoms with Gasteiger partial charge in [-0.25, -0.2) is 0 Å². The third kappa shape index (κ3) is 1.52. The van der Waals surface area contributed by atoms with E-state index in [0.717, 1.165) is 22.4 Å². The lowest BCUT2D eigenvalue weighted by atomic mass is 9.71. The fourth-order valence-electron chi connectivity index (χ4n) is 3.40. The fourth-order valence-corrected chi connectivity index (χ4v) is 3.40. The monoisotopic (exact) mass is 296 g/mol. The van der Waals surface area contributed by atoms with Gasteiger partial charge in [0.25, 0.3) is 0 Å². The highest BCUT2D eigenvalue weighted by Gasteiger charge is 2.53. The van der Waals surface area contributed by atoms with E-state index in [0.29, 0.717) is 11.7 Å². The molecule has 0 aliphatic carbocycles. The van der Waals surface area contributed by atoms with Crippen molar-refractivity contribution in [3.8, 4) is 0 Å². The number of carbonyl (C=O) groups is 2. The number of nitrogens with one attached hydrogen (secondary N) is 3. The van der Waals surface area contributed by atoms with E-state index in [2.05, 4.69) is 34.7 Å². The minimum absolute atomic E-state index is 0.0971. The van der Waals surface area contributed by atoms with Crippen LogP contribution in [0.3, 0.4) is 0 Å². The highest BCUT2D eigenvalue weighted by atomic mass is 16.2. The molecule has 0 unspecified atom stereocenters. The lowest BCUT2D eigenvalue weighted by molar-refractivity contribution is -0.125. The second-order valence-corrected chi connectivity index (χ2v) is 6.20. The van der Waals surface area contributed by atoms with Gasteiger partial charge in [-0.05, 0) is 23.1 Å². The van der Waals surface area contributed by atoms with E-state index in [1.54, 1.807) is 6.20 Å². The summed E-state index contributed by atoms with van der Waals surface area (Å²) in [6.45, 7) is 4.21. The van der Waals surface area contributed by atoms with E-state index in [1.807, 2.05) is 18.2 Å². The van der Waals surface area contributed by atoms with Gasteiger partial charge in [0.2, 0.25) is 11.8 Å². The summed E-state index contributed by atoms with van der Waals surface area (Å²) in [6, 6.07) is 5.97. The predicted octanol–water partition coefficient (Wildman–Crippen LogP) is 2.11. The number of fused-ring (bicyclic) bond motifs is 4. The maximum atomic E-state index is 12.8. The SMILES string of the molecule is CC(C)c1ccc2c(c1)[C@@]1(CC(=O)Nc3[nH]ncc31)C(=O)N2. The number of nitrogens with zero attached hydrogens (tertiary/aromatic N) is 1. The molecule has 1 spiro atoms. The number of hydrogen-bond acceptors (Lipinski definition) is 3. The quantitative estimate of drug-likeness (QED) is 0.753. The van der Waals surface area contributed by atoms with Crippen LogP contribution in [0.2, 0.25) is 0 Å². The second kappa shape index (κ2) is 4.19. The maximum absolute atomic E-state index is 12.8. The number of benzene rings is 1. The molecule has 0 fully saturated rings. The molecule has 3 heterocycles. The molecule has 0 radical (unpaired) electrons. The molecule has 0 bridgehead atoms. The molecule has 3 N–H and O–H groups in total. The Hall–Kier alpha value is -2.63. The largest absolute Gasteiger partial charge is 0.325 e. The van der Waals surface area contributed by atoms with Gasteiger partial charge in [-0.2, -0.15) is 5.10 Å². The molecule has 2 aliphatic heterocycles. The molecule has 2 amide bonds. The third-order valence-electron chi connectivity index (χ3n) is 4.60. The normalized spacial score (nSPS) is 22.5. The Morgan fingerprint density at radius 2 is 2.00 bits per heavy atom. The molecule has 22 heavy (non-hydrogen) atoms. The van der Waals surface area contributed by atoms with E-state index in [9.17, 15) is 9.59 Å². The van der Waals surface area contributed by atoms with Crippen LogP contribution in [0.4, 0.5) is 11.5 Å². The highest BCUT2D eigenvalue weighted by Crippen LogP contribution is 2.49. The van der Waals surface area contributed by atoms with Crippen molar-refractivity contribution in [3.63, 3.8) is 0 Å². The molecular weight excluding hydrogens is 280 g/mol.